The van der Waals surface area contributed by atoms with Crippen molar-refractivity contribution in [2.45, 2.75) is 19.8 Å². The van der Waals surface area contributed by atoms with Crippen molar-refractivity contribution in [3.63, 3.8) is 0 Å². The Hall–Kier alpha value is -0.830. The van der Waals surface area contributed by atoms with Gasteiger partial charge in [-0.25, -0.2) is 4.21 Å². The van der Waals surface area contributed by atoms with Gasteiger partial charge in [0, 0.05) is 22.2 Å². The lowest BCUT2D eigenvalue weighted by molar-refractivity contribution is 0.684. The first kappa shape index (κ1) is 11.2. The van der Waals surface area contributed by atoms with Crippen LogP contribution in [-0.4, -0.2) is 16.7 Å². The molecule has 78 valence electrons. The number of benzene rings is 1. The number of hydrogen-bond donors (Lipinski definition) is 0. The van der Waals surface area contributed by atoms with Gasteiger partial charge in [-0.3, -0.25) is 0 Å². The quantitative estimate of drug-likeness (QED) is 0.738. The largest absolute Gasteiger partial charge is 0.250 e. The molecule has 1 aromatic rings. The first-order chi connectivity index (χ1) is 6.38. The highest BCUT2D eigenvalue weighted by atomic mass is 32.2. The zero-order valence-electron chi connectivity index (χ0n) is 9.15. The van der Waals surface area contributed by atoms with Gasteiger partial charge in [-0.15, -0.1) is 0 Å². The number of nitrogens with zero attached hydrogens (tertiary/aromatic N) is 1. The summed E-state index contributed by atoms with van der Waals surface area (Å²) in [6.45, 7) is 4.30. The molecule has 0 atom stereocenters. The third-order valence-corrected chi connectivity index (χ3v) is 2.54. The van der Waals surface area contributed by atoms with Crippen LogP contribution in [0.3, 0.4) is 0 Å². The van der Waals surface area contributed by atoms with Crippen molar-refractivity contribution >= 4 is 15.4 Å². The molecular formula is C11H17NOS. The molecule has 0 aliphatic carbocycles. The first-order valence-electron chi connectivity index (χ1n) is 4.65. The second kappa shape index (κ2) is 4.13. The van der Waals surface area contributed by atoms with Gasteiger partial charge in [0.25, 0.3) is 0 Å². The van der Waals surface area contributed by atoms with Crippen LogP contribution < -0.4 is 0 Å². The summed E-state index contributed by atoms with van der Waals surface area (Å²) in [6, 6.07) is 7.91. The second-order valence-electron chi connectivity index (χ2n) is 4.02. The fourth-order valence-corrected chi connectivity index (χ4v) is 1.80. The van der Waals surface area contributed by atoms with E-state index in [0.717, 1.165) is 5.69 Å². The van der Waals surface area contributed by atoms with Gasteiger partial charge in [0.15, 0.2) is 0 Å². The Balaban J connectivity index is 3.01. The highest BCUT2D eigenvalue weighted by Gasteiger charge is 1.98. The van der Waals surface area contributed by atoms with Crippen molar-refractivity contribution in [1.29, 1.82) is 0 Å². The van der Waals surface area contributed by atoms with E-state index < -0.39 is 9.73 Å². The molecule has 0 saturated heterocycles. The maximum Gasteiger partial charge on any atom is 0.0730 e. The van der Waals surface area contributed by atoms with E-state index in [4.69, 9.17) is 0 Å². The molecule has 0 bridgehead atoms. The smallest absolute Gasteiger partial charge is 0.0730 e. The molecule has 3 heteroatoms. The molecule has 1 rings (SSSR count). The fraction of sp³-hybridized carbons (Fsp3) is 0.455. The summed E-state index contributed by atoms with van der Waals surface area (Å²) in [5, 5.41) is 0. The van der Waals surface area contributed by atoms with Crippen molar-refractivity contribution in [3.05, 3.63) is 29.8 Å². The third kappa shape index (κ3) is 3.50. The summed E-state index contributed by atoms with van der Waals surface area (Å²) in [7, 11) is -2.04. The van der Waals surface area contributed by atoms with Gasteiger partial charge in [0.2, 0.25) is 0 Å². The van der Waals surface area contributed by atoms with Crippen LogP contribution in [0.4, 0.5) is 5.69 Å². The van der Waals surface area contributed by atoms with Gasteiger partial charge in [-0.05, 0) is 23.6 Å². The lowest BCUT2D eigenvalue weighted by atomic mass is 10.0. The zero-order chi connectivity index (χ0) is 10.8. The van der Waals surface area contributed by atoms with Crippen molar-refractivity contribution < 1.29 is 4.21 Å². The molecule has 0 heterocycles. The fourth-order valence-electron chi connectivity index (χ4n) is 1.17. The van der Waals surface area contributed by atoms with E-state index in [1.165, 1.54) is 5.56 Å². The molecule has 0 spiro atoms. The lowest BCUT2D eigenvalue weighted by Gasteiger charge is -2.04. The van der Waals surface area contributed by atoms with E-state index >= 15 is 0 Å². The second-order valence-corrected chi connectivity index (χ2v) is 6.56. The minimum atomic E-state index is -2.04. The monoisotopic (exact) mass is 211 g/mol. The maximum absolute atomic E-state index is 11.4. The van der Waals surface area contributed by atoms with Crippen molar-refractivity contribution in [1.82, 2.24) is 0 Å². The Bertz CT molecular complexity index is 403. The average molecular weight is 211 g/mol. The minimum absolute atomic E-state index is 0.525. The maximum atomic E-state index is 11.4. The zero-order valence-corrected chi connectivity index (χ0v) is 9.97. The summed E-state index contributed by atoms with van der Waals surface area (Å²) >= 11 is 0. The first-order valence-corrected chi connectivity index (χ1v) is 6.99. The predicted octanol–water partition coefficient (Wildman–Crippen LogP) is 3.17. The van der Waals surface area contributed by atoms with Crippen LogP contribution >= 0.6 is 0 Å². The van der Waals surface area contributed by atoms with Crippen molar-refractivity contribution in [2.24, 2.45) is 4.36 Å². The van der Waals surface area contributed by atoms with Crippen LogP contribution in [-0.2, 0) is 9.73 Å². The van der Waals surface area contributed by atoms with Crippen LogP contribution in [0.25, 0.3) is 0 Å². The predicted molar refractivity (Wildman–Crippen MR) is 62.6 cm³/mol. The molecule has 0 aromatic heterocycles. The van der Waals surface area contributed by atoms with Crippen molar-refractivity contribution in [3.8, 4) is 0 Å². The van der Waals surface area contributed by atoms with Gasteiger partial charge in [-0.2, -0.15) is 4.36 Å². The molecule has 0 aliphatic heterocycles. The summed E-state index contributed by atoms with van der Waals surface area (Å²) in [5.41, 5.74) is 2.08. The highest BCUT2D eigenvalue weighted by molar-refractivity contribution is 7.92. The van der Waals surface area contributed by atoms with E-state index in [0.29, 0.717) is 5.92 Å². The number of hydrogen-bond acceptors (Lipinski definition) is 2. The molecule has 0 unspecified atom stereocenters. The molecule has 0 fully saturated rings. The van der Waals surface area contributed by atoms with E-state index in [2.05, 4.69) is 18.2 Å². The molecule has 1 aromatic carbocycles. The van der Waals surface area contributed by atoms with E-state index in [1.54, 1.807) is 12.5 Å². The molecule has 0 radical (unpaired) electrons. The molecular weight excluding hydrogens is 194 g/mol. The Morgan fingerprint density at radius 2 is 1.64 bits per heavy atom. The van der Waals surface area contributed by atoms with E-state index in [9.17, 15) is 4.21 Å². The van der Waals surface area contributed by atoms with Crippen LogP contribution in [0.1, 0.15) is 25.3 Å². The molecule has 0 amide bonds. The standard InChI is InChI=1S/C11H17NOS/c1-9(2)10-5-7-11(8-6-10)12-14(3,4)13/h5-9H,1-4H3. The van der Waals surface area contributed by atoms with Gasteiger partial charge in [0.05, 0.1) is 5.69 Å². The van der Waals surface area contributed by atoms with Crippen LogP contribution in [0.5, 0.6) is 0 Å². The van der Waals surface area contributed by atoms with E-state index in [-0.39, 0.29) is 0 Å². The van der Waals surface area contributed by atoms with Gasteiger partial charge in [0.1, 0.15) is 0 Å². The van der Waals surface area contributed by atoms with Gasteiger partial charge >= 0.3 is 0 Å². The van der Waals surface area contributed by atoms with Gasteiger partial charge < -0.3 is 0 Å². The van der Waals surface area contributed by atoms with Crippen LogP contribution in [0.15, 0.2) is 28.6 Å². The minimum Gasteiger partial charge on any atom is -0.250 e. The lowest BCUT2D eigenvalue weighted by Crippen LogP contribution is -1.89. The Labute approximate surface area is 86.5 Å². The molecule has 14 heavy (non-hydrogen) atoms. The SMILES string of the molecule is CC(C)c1ccc(N=S(C)(C)=O)cc1. The van der Waals surface area contributed by atoms with E-state index in [1.807, 2.05) is 24.3 Å². The third-order valence-electron chi connectivity index (χ3n) is 1.89. The Kier molecular flexibility index (Phi) is 3.32. The van der Waals surface area contributed by atoms with Crippen LogP contribution in [0.2, 0.25) is 0 Å². The number of rotatable bonds is 2. The summed E-state index contributed by atoms with van der Waals surface area (Å²) in [5.74, 6) is 0.525. The summed E-state index contributed by atoms with van der Waals surface area (Å²) in [4.78, 5) is 0. The van der Waals surface area contributed by atoms with Gasteiger partial charge in [-0.1, -0.05) is 26.0 Å². The normalized spacial score (nSPS) is 11.8. The summed E-state index contributed by atoms with van der Waals surface area (Å²) in [6.07, 6.45) is 3.28. The topological polar surface area (TPSA) is 29.4 Å². The molecule has 0 N–H and O–H groups in total. The molecule has 0 saturated carbocycles. The van der Waals surface area contributed by atoms with Crippen LogP contribution in [0, 0.1) is 0 Å². The molecule has 2 nitrogen and oxygen atoms in total. The Morgan fingerprint density at radius 3 is 2.00 bits per heavy atom. The van der Waals surface area contributed by atoms with Crippen molar-refractivity contribution in [2.75, 3.05) is 12.5 Å². The molecule has 0 aliphatic rings. The summed E-state index contributed by atoms with van der Waals surface area (Å²) < 4.78 is 15.5. The Morgan fingerprint density at radius 1 is 1.14 bits per heavy atom. The average Bonchev–Trinajstić information content (AvgIpc) is 2.02. The highest BCUT2D eigenvalue weighted by Crippen LogP contribution is 2.19.